The Hall–Kier alpha value is -3.58. The van der Waals surface area contributed by atoms with E-state index in [1.807, 2.05) is 0 Å². The lowest BCUT2D eigenvalue weighted by Crippen LogP contribution is -2.50. The molecule has 1 fully saturated rings. The van der Waals surface area contributed by atoms with E-state index in [1.165, 1.54) is 36.9 Å². The fourth-order valence-corrected chi connectivity index (χ4v) is 3.50. The fraction of sp³-hybridized carbons (Fsp3) is 0.316. The summed E-state index contributed by atoms with van der Waals surface area (Å²) in [5.74, 6) is -2.42. The van der Waals surface area contributed by atoms with Crippen LogP contribution in [0.5, 0.6) is 0 Å². The Morgan fingerprint density at radius 2 is 1.94 bits per heavy atom. The molecule has 10 nitrogen and oxygen atoms in total. The van der Waals surface area contributed by atoms with Gasteiger partial charge in [0, 0.05) is 25.1 Å². The van der Waals surface area contributed by atoms with Crippen molar-refractivity contribution in [1.29, 1.82) is 0 Å². The SMILES string of the molecule is Cc1cc(C(F)(F)F)cc(N2C(=O)C(O)C(O)C2C(=O)N(C)c2ccc3nccn3n2)n1. The molecule has 0 aliphatic carbocycles. The highest BCUT2D eigenvalue weighted by Gasteiger charge is 2.52. The summed E-state index contributed by atoms with van der Waals surface area (Å²) in [7, 11) is 1.32. The molecule has 0 aromatic carbocycles. The molecule has 32 heavy (non-hydrogen) atoms. The minimum Gasteiger partial charge on any atom is -0.387 e. The first-order valence-electron chi connectivity index (χ1n) is 9.32. The van der Waals surface area contributed by atoms with E-state index in [-0.39, 0.29) is 11.5 Å². The minimum absolute atomic E-state index is 0.0646. The number of aliphatic hydroxyl groups excluding tert-OH is 2. The number of aromatic nitrogens is 4. The van der Waals surface area contributed by atoms with Crippen molar-refractivity contribution in [2.75, 3.05) is 16.8 Å². The van der Waals surface area contributed by atoms with Gasteiger partial charge in [0.15, 0.2) is 17.6 Å². The van der Waals surface area contributed by atoms with E-state index in [2.05, 4.69) is 15.1 Å². The second kappa shape index (κ2) is 7.53. The summed E-state index contributed by atoms with van der Waals surface area (Å²) in [6.45, 7) is 1.29. The third-order valence-corrected chi connectivity index (χ3v) is 5.10. The molecule has 1 saturated heterocycles. The van der Waals surface area contributed by atoms with E-state index < -0.39 is 47.6 Å². The number of nitrogens with zero attached hydrogens (tertiary/aromatic N) is 6. The van der Waals surface area contributed by atoms with E-state index in [4.69, 9.17) is 0 Å². The number of amides is 2. The van der Waals surface area contributed by atoms with Gasteiger partial charge in [-0.3, -0.25) is 19.4 Å². The minimum atomic E-state index is -4.73. The molecule has 1 aliphatic rings. The van der Waals surface area contributed by atoms with Gasteiger partial charge in [0.05, 0.1) is 5.56 Å². The molecule has 0 radical (unpaired) electrons. The van der Waals surface area contributed by atoms with Gasteiger partial charge in [-0.2, -0.15) is 13.2 Å². The standard InChI is InChI=1S/C19H17F3N6O4/c1-9-7-10(19(20,21)22)8-13(24-9)28-14(15(29)16(30)18(28)32)17(31)26(2)12-4-3-11-23-5-6-27(11)25-12/h3-8,14-16,29-30H,1-2H3. The van der Waals surface area contributed by atoms with Crippen LogP contribution in [0.4, 0.5) is 24.8 Å². The lowest BCUT2D eigenvalue weighted by Gasteiger charge is -2.28. The quantitative estimate of drug-likeness (QED) is 0.597. The maximum absolute atomic E-state index is 13.3. The molecule has 3 aromatic heterocycles. The second-order valence-electron chi connectivity index (χ2n) is 7.26. The van der Waals surface area contributed by atoms with Crippen molar-refractivity contribution in [3.05, 3.63) is 47.9 Å². The predicted octanol–water partition coefficient (Wildman–Crippen LogP) is 0.552. The Balaban J connectivity index is 1.75. The van der Waals surface area contributed by atoms with Crippen molar-refractivity contribution < 1.29 is 33.0 Å². The number of aryl methyl sites for hydroxylation is 1. The third-order valence-electron chi connectivity index (χ3n) is 5.10. The summed E-state index contributed by atoms with van der Waals surface area (Å²) in [6.07, 6.45) is -5.61. The molecule has 0 spiro atoms. The van der Waals surface area contributed by atoms with Crippen molar-refractivity contribution in [3.63, 3.8) is 0 Å². The highest BCUT2D eigenvalue weighted by molar-refractivity contribution is 6.10. The zero-order chi connectivity index (χ0) is 23.4. The average molecular weight is 450 g/mol. The number of alkyl halides is 3. The van der Waals surface area contributed by atoms with Crippen LogP contribution in [0.3, 0.4) is 0 Å². The average Bonchev–Trinajstić information content (AvgIpc) is 3.29. The van der Waals surface area contributed by atoms with Crippen LogP contribution in [-0.4, -0.2) is 66.9 Å². The van der Waals surface area contributed by atoms with Crippen LogP contribution < -0.4 is 9.80 Å². The summed E-state index contributed by atoms with van der Waals surface area (Å²) in [6, 6.07) is 2.69. The van der Waals surface area contributed by atoms with E-state index in [0.717, 1.165) is 11.0 Å². The van der Waals surface area contributed by atoms with Crippen LogP contribution >= 0.6 is 0 Å². The Kier molecular flexibility index (Phi) is 5.09. The second-order valence-corrected chi connectivity index (χ2v) is 7.26. The Bertz CT molecular complexity index is 1210. The maximum Gasteiger partial charge on any atom is 0.416 e. The molecule has 3 atom stereocenters. The summed E-state index contributed by atoms with van der Waals surface area (Å²) in [4.78, 5) is 35.4. The zero-order valence-electron chi connectivity index (χ0n) is 16.7. The molecule has 3 aromatic rings. The number of carbonyl (C=O) groups excluding carboxylic acids is 2. The largest absolute Gasteiger partial charge is 0.416 e. The van der Waals surface area contributed by atoms with E-state index in [9.17, 15) is 33.0 Å². The van der Waals surface area contributed by atoms with Crippen LogP contribution in [-0.2, 0) is 15.8 Å². The Morgan fingerprint density at radius 3 is 2.62 bits per heavy atom. The number of fused-ring (bicyclic) bond motifs is 1. The molecule has 13 heteroatoms. The van der Waals surface area contributed by atoms with Crippen LogP contribution in [0.1, 0.15) is 11.3 Å². The molecule has 1 aliphatic heterocycles. The van der Waals surface area contributed by atoms with E-state index >= 15 is 0 Å². The number of rotatable bonds is 3. The van der Waals surface area contributed by atoms with Gasteiger partial charge in [0.2, 0.25) is 0 Å². The number of halogens is 3. The van der Waals surface area contributed by atoms with Crippen LogP contribution in [0.15, 0.2) is 36.7 Å². The number of pyridine rings is 1. The third kappa shape index (κ3) is 3.54. The van der Waals surface area contributed by atoms with Gasteiger partial charge in [-0.15, -0.1) is 5.10 Å². The molecule has 0 bridgehead atoms. The molecule has 3 unspecified atom stereocenters. The van der Waals surface area contributed by atoms with Crippen LogP contribution in [0, 0.1) is 6.92 Å². The zero-order valence-corrected chi connectivity index (χ0v) is 16.7. The lowest BCUT2D eigenvalue weighted by atomic mass is 10.1. The monoisotopic (exact) mass is 450 g/mol. The van der Waals surface area contributed by atoms with Crippen molar-refractivity contribution in [2.24, 2.45) is 0 Å². The summed E-state index contributed by atoms with van der Waals surface area (Å²) in [5, 5.41) is 24.7. The van der Waals surface area contributed by atoms with Gasteiger partial charge in [-0.25, -0.2) is 14.5 Å². The van der Waals surface area contributed by atoms with Crippen molar-refractivity contribution in [2.45, 2.75) is 31.3 Å². The number of anilines is 2. The fourth-order valence-electron chi connectivity index (χ4n) is 3.50. The Morgan fingerprint density at radius 1 is 1.22 bits per heavy atom. The first kappa shape index (κ1) is 21.6. The van der Waals surface area contributed by atoms with Gasteiger partial charge in [0.25, 0.3) is 11.8 Å². The number of carbonyl (C=O) groups is 2. The molecule has 2 N–H and O–H groups in total. The van der Waals surface area contributed by atoms with E-state index in [0.29, 0.717) is 16.6 Å². The van der Waals surface area contributed by atoms with Crippen molar-refractivity contribution >= 4 is 29.1 Å². The van der Waals surface area contributed by atoms with Crippen LogP contribution in [0.25, 0.3) is 5.65 Å². The van der Waals surface area contributed by atoms with Crippen molar-refractivity contribution in [3.8, 4) is 0 Å². The first-order valence-corrected chi connectivity index (χ1v) is 9.32. The number of hydrogen-bond acceptors (Lipinski definition) is 7. The summed E-state index contributed by atoms with van der Waals surface area (Å²) >= 11 is 0. The highest BCUT2D eigenvalue weighted by Crippen LogP contribution is 2.34. The topological polar surface area (TPSA) is 124 Å². The normalized spacial score (nSPS) is 21.4. The molecule has 2 amide bonds. The molecular formula is C19H17F3N6O4. The van der Waals surface area contributed by atoms with Gasteiger partial charge in [0.1, 0.15) is 18.0 Å². The van der Waals surface area contributed by atoms with Gasteiger partial charge >= 0.3 is 6.18 Å². The van der Waals surface area contributed by atoms with Crippen LogP contribution in [0.2, 0.25) is 0 Å². The summed E-state index contributed by atoms with van der Waals surface area (Å²) < 4.78 is 41.2. The van der Waals surface area contributed by atoms with Gasteiger partial charge in [-0.1, -0.05) is 0 Å². The molecule has 4 rings (SSSR count). The Labute approximate surface area is 178 Å². The van der Waals surface area contributed by atoms with E-state index in [1.54, 1.807) is 6.07 Å². The van der Waals surface area contributed by atoms with Crippen molar-refractivity contribution in [1.82, 2.24) is 19.6 Å². The number of hydrogen-bond donors (Lipinski definition) is 2. The first-order chi connectivity index (χ1) is 15.0. The molecule has 0 saturated carbocycles. The number of likely N-dealkylation sites (N-methyl/N-ethyl adjacent to an activating group) is 1. The number of imidazole rings is 1. The molecule has 168 valence electrons. The molecular weight excluding hydrogens is 433 g/mol. The highest BCUT2D eigenvalue weighted by atomic mass is 19.4. The van der Waals surface area contributed by atoms with Gasteiger partial charge in [-0.05, 0) is 31.2 Å². The predicted molar refractivity (Wildman–Crippen MR) is 104 cm³/mol. The summed E-state index contributed by atoms with van der Waals surface area (Å²) in [5.41, 5.74) is -0.646. The van der Waals surface area contributed by atoms with Gasteiger partial charge < -0.3 is 10.2 Å². The maximum atomic E-state index is 13.3. The smallest absolute Gasteiger partial charge is 0.387 e. The molecule has 4 heterocycles. The number of aliphatic hydroxyl groups is 2. The lowest BCUT2D eigenvalue weighted by molar-refractivity contribution is -0.137.